The molecule has 7 heteroatoms. The van der Waals surface area contributed by atoms with Crippen molar-refractivity contribution < 1.29 is 8.42 Å². The molecule has 0 unspecified atom stereocenters. The van der Waals surface area contributed by atoms with Crippen molar-refractivity contribution in [1.82, 2.24) is 9.71 Å². The monoisotopic (exact) mass is 325 g/mol. The van der Waals surface area contributed by atoms with E-state index in [-0.39, 0.29) is 11.4 Å². The zero-order valence-electron chi connectivity index (χ0n) is 12.1. The summed E-state index contributed by atoms with van der Waals surface area (Å²) in [7, 11) is -3.55. The van der Waals surface area contributed by atoms with E-state index in [0.717, 1.165) is 28.2 Å². The quantitative estimate of drug-likeness (QED) is 0.850. The van der Waals surface area contributed by atoms with Gasteiger partial charge in [0.25, 0.3) is 0 Å². The number of thiazole rings is 1. The van der Waals surface area contributed by atoms with Crippen molar-refractivity contribution in [2.45, 2.75) is 38.3 Å². The summed E-state index contributed by atoms with van der Waals surface area (Å²) in [6, 6.07) is 5.09. The predicted molar refractivity (Wildman–Crippen MR) is 84.6 cm³/mol. The van der Waals surface area contributed by atoms with Crippen LogP contribution in [0.1, 0.15) is 28.8 Å². The molecule has 0 aliphatic rings. The Balaban J connectivity index is 2.19. The van der Waals surface area contributed by atoms with Crippen LogP contribution in [0, 0.1) is 6.92 Å². The van der Waals surface area contributed by atoms with Gasteiger partial charge in [-0.2, -0.15) is 0 Å². The van der Waals surface area contributed by atoms with Crippen LogP contribution in [0.3, 0.4) is 0 Å². The molecule has 0 bridgehead atoms. The average Bonchev–Trinajstić information content (AvgIpc) is 2.90. The Hall–Kier alpha value is -1.28. The summed E-state index contributed by atoms with van der Waals surface area (Å²) < 4.78 is 27.2. The fourth-order valence-electron chi connectivity index (χ4n) is 2.03. The molecule has 3 N–H and O–H groups in total. The second-order valence-electron chi connectivity index (χ2n) is 4.70. The van der Waals surface area contributed by atoms with Crippen LogP contribution in [0.2, 0.25) is 0 Å². The van der Waals surface area contributed by atoms with Gasteiger partial charge in [0.1, 0.15) is 5.01 Å². The first-order chi connectivity index (χ1) is 9.96. The molecular weight excluding hydrogens is 306 g/mol. The maximum absolute atomic E-state index is 12.3. The Bertz CT molecular complexity index is 724. The number of hydrogen-bond donors (Lipinski definition) is 2. The molecule has 0 radical (unpaired) electrons. The third-order valence-corrected chi connectivity index (χ3v) is 5.53. The van der Waals surface area contributed by atoms with Crippen molar-refractivity contribution in [1.29, 1.82) is 0 Å². The van der Waals surface area contributed by atoms with Crippen LogP contribution in [-0.2, 0) is 29.5 Å². The Kier molecular flexibility index (Phi) is 5.10. The molecule has 0 aliphatic heterocycles. The third kappa shape index (κ3) is 3.88. The first-order valence-electron chi connectivity index (χ1n) is 6.68. The molecule has 0 fully saturated rings. The molecule has 1 aromatic heterocycles. The highest BCUT2D eigenvalue weighted by molar-refractivity contribution is 7.89. The van der Waals surface area contributed by atoms with E-state index in [0.29, 0.717) is 6.54 Å². The van der Waals surface area contributed by atoms with Crippen molar-refractivity contribution in [3.05, 3.63) is 45.4 Å². The van der Waals surface area contributed by atoms with Crippen LogP contribution in [0.5, 0.6) is 0 Å². The summed E-state index contributed by atoms with van der Waals surface area (Å²) >= 11 is 1.44. The molecule has 2 aromatic rings. The van der Waals surface area contributed by atoms with Gasteiger partial charge in [0.2, 0.25) is 10.0 Å². The molecular formula is C14H19N3O2S2. The Morgan fingerprint density at radius 3 is 2.67 bits per heavy atom. The van der Waals surface area contributed by atoms with Crippen LogP contribution in [0.25, 0.3) is 0 Å². The molecule has 1 heterocycles. The maximum atomic E-state index is 12.3. The molecule has 0 aliphatic carbocycles. The Labute approximate surface area is 129 Å². The summed E-state index contributed by atoms with van der Waals surface area (Å²) in [5.74, 6) is 0. The van der Waals surface area contributed by atoms with Gasteiger partial charge in [-0.3, -0.25) is 0 Å². The minimum absolute atomic E-state index is 0.203. The predicted octanol–water partition coefficient (Wildman–Crippen LogP) is 1.95. The van der Waals surface area contributed by atoms with E-state index in [4.69, 9.17) is 5.73 Å². The van der Waals surface area contributed by atoms with Crippen LogP contribution in [0.15, 0.2) is 28.5 Å². The molecule has 1 aromatic carbocycles. The van der Waals surface area contributed by atoms with E-state index in [1.165, 1.54) is 11.3 Å². The van der Waals surface area contributed by atoms with Crippen molar-refractivity contribution in [3.63, 3.8) is 0 Å². The van der Waals surface area contributed by atoms with E-state index >= 15 is 0 Å². The topological polar surface area (TPSA) is 85.1 Å². The SMILES string of the molecule is CCc1ccc(S(=O)(=O)NCc2nc(C)cs2)cc1CN. The lowest BCUT2D eigenvalue weighted by Gasteiger charge is -2.10. The number of nitrogens with zero attached hydrogens (tertiary/aromatic N) is 1. The third-order valence-electron chi connectivity index (χ3n) is 3.17. The van der Waals surface area contributed by atoms with Crippen LogP contribution in [-0.4, -0.2) is 13.4 Å². The highest BCUT2D eigenvalue weighted by atomic mass is 32.2. The van der Waals surface area contributed by atoms with Gasteiger partial charge >= 0.3 is 0 Å². The first-order valence-corrected chi connectivity index (χ1v) is 9.05. The highest BCUT2D eigenvalue weighted by Gasteiger charge is 2.16. The van der Waals surface area contributed by atoms with E-state index in [1.54, 1.807) is 12.1 Å². The molecule has 0 atom stereocenters. The van der Waals surface area contributed by atoms with Gasteiger partial charge in [0.15, 0.2) is 0 Å². The van der Waals surface area contributed by atoms with Crippen molar-refractivity contribution >= 4 is 21.4 Å². The second-order valence-corrected chi connectivity index (χ2v) is 7.40. The molecule has 0 spiro atoms. The highest BCUT2D eigenvalue weighted by Crippen LogP contribution is 2.17. The molecule has 0 amide bonds. The number of benzene rings is 1. The molecule has 2 rings (SSSR count). The number of hydrogen-bond acceptors (Lipinski definition) is 5. The fourth-order valence-corrected chi connectivity index (χ4v) is 3.87. The van der Waals surface area contributed by atoms with Crippen LogP contribution >= 0.6 is 11.3 Å². The molecule has 0 saturated carbocycles. The molecule has 114 valence electrons. The van der Waals surface area contributed by atoms with E-state index in [9.17, 15) is 8.42 Å². The summed E-state index contributed by atoms with van der Waals surface area (Å²) in [5.41, 5.74) is 8.52. The van der Waals surface area contributed by atoms with Gasteiger partial charge in [0.05, 0.1) is 11.4 Å². The number of rotatable bonds is 6. The van der Waals surface area contributed by atoms with E-state index in [1.807, 2.05) is 25.3 Å². The van der Waals surface area contributed by atoms with E-state index in [2.05, 4.69) is 9.71 Å². The Morgan fingerprint density at radius 2 is 2.10 bits per heavy atom. The van der Waals surface area contributed by atoms with Gasteiger partial charge in [-0.1, -0.05) is 13.0 Å². The van der Waals surface area contributed by atoms with Crippen molar-refractivity contribution in [3.8, 4) is 0 Å². The number of aromatic nitrogens is 1. The van der Waals surface area contributed by atoms with Gasteiger partial charge in [-0.25, -0.2) is 18.1 Å². The lowest BCUT2D eigenvalue weighted by atomic mass is 10.1. The minimum Gasteiger partial charge on any atom is -0.326 e. The first kappa shape index (κ1) is 16.1. The van der Waals surface area contributed by atoms with Crippen molar-refractivity contribution in [2.75, 3.05) is 0 Å². The Morgan fingerprint density at radius 1 is 1.33 bits per heavy atom. The number of nitrogens with one attached hydrogen (secondary N) is 1. The number of sulfonamides is 1. The maximum Gasteiger partial charge on any atom is 0.240 e. The summed E-state index contributed by atoms with van der Waals surface area (Å²) in [4.78, 5) is 4.48. The zero-order valence-corrected chi connectivity index (χ0v) is 13.7. The molecule has 0 saturated heterocycles. The lowest BCUT2D eigenvalue weighted by molar-refractivity contribution is 0.581. The standard InChI is InChI=1S/C14H19N3O2S2/c1-3-11-4-5-13(6-12(11)7-15)21(18,19)16-8-14-17-10(2)9-20-14/h4-6,9,16H,3,7-8,15H2,1-2H3. The average molecular weight is 325 g/mol. The summed E-state index contributed by atoms with van der Waals surface area (Å²) in [6.07, 6.45) is 0.832. The van der Waals surface area contributed by atoms with Gasteiger partial charge in [-0.05, 0) is 36.6 Å². The van der Waals surface area contributed by atoms with Gasteiger partial charge in [-0.15, -0.1) is 11.3 Å². The smallest absolute Gasteiger partial charge is 0.240 e. The molecule has 5 nitrogen and oxygen atoms in total. The number of nitrogens with two attached hydrogens (primary N) is 1. The zero-order chi connectivity index (χ0) is 15.5. The second kappa shape index (κ2) is 6.65. The fraction of sp³-hybridized carbons (Fsp3) is 0.357. The van der Waals surface area contributed by atoms with E-state index < -0.39 is 10.0 Å². The van der Waals surface area contributed by atoms with Crippen LogP contribution < -0.4 is 10.5 Å². The minimum atomic E-state index is -3.55. The van der Waals surface area contributed by atoms with Gasteiger partial charge < -0.3 is 5.73 Å². The summed E-state index contributed by atoms with van der Waals surface area (Å²) in [6.45, 7) is 4.43. The molecule has 21 heavy (non-hydrogen) atoms. The van der Waals surface area contributed by atoms with Crippen molar-refractivity contribution in [2.24, 2.45) is 5.73 Å². The largest absolute Gasteiger partial charge is 0.326 e. The lowest BCUT2D eigenvalue weighted by Crippen LogP contribution is -2.23. The number of aryl methyl sites for hydroxylation is 2. The van der Waals surface area contributed by atoms with Gasteiger partial charge in [0, 0.05) is 17.6 Å². The van der Waals surface area contributed by atoms with Crippen LogP contribution in [0.4, 0.5) is 0 Å². The normalized spacial score (nSPS) is 11.8. The summed E-state index contributed by atoms with van der Waals surface area (Å²) in [5, 5.41) is 2.65.